The minimum absolute atomic E-state index is 0.0750. The number of thioether (sulfide) groups is 1. The van der Waals surface area contributed by atoms with Crippen LogP contribution in [0.2, 0.25) is 0 Å². The highest BCUT2D eigenvalue weighted by molar-refractivity contribution is 7.99. The molecular formula is C18H14N2OS. The Hall–Kier alpha value is -2.51. The van der Waals surface area contributed by atoms with Gasteiger partial charge in [0.05, 0.1) is 22.3 Å². The summed E-state index contributed by atoms with van der Waals surface area (Å²) in [6, 6.07) is 15.2. The summed E-state index contributed by atoms with van der Waals surface area (Å²) in [6.07, 6.45) is 5.35. The highest BCUT2D eigenvalue weighted by Gasteiger charge is 2.12. The van der Waals surface area contributed by atoms with E-state index in [0.29, 0.717) is 21.8 Å². The van der Waals surface area contributed by atoms with Crippen LogP contribution >= 0.6 is 11.8 Å². The molecule has 3 aromatic rings. The maximum Gasteiger partial charge on any atom is 0.266 e. The molecule has 0 amide bonds. The third kappa shape index (κ3) is 2.63. The summed E-state index contributed by atoms with van der Waals surface area (Å²) < 4.78 is 1.63. The van der Waals surface area contributed by atoms with Gasteiger partial charge in [-0.2, -0.15) is 0 Å². The predicted octanol–water partition coefficient (Wildman–Crippen LogP) is 3.42. The summed E-state index contributed by atoms with van der Waals surface area (Å²) >= 11 is 1.39. The maximum absolute atomic E-state index is 12.9. The maximum atomic E-state index is 12.9. The zero-order chi connectivity index (χ0) is 15.5. The lowest BCUT2D eigenvalue weighted by atomic mass is 10.2. The number of hydrogen-bond acceptors (Lipinski definition) is 3. The largest absolute Gasteiger partial charge is 0.268 e. The highest BCUT2D eigenvalue weighted by atomic mass is 32.2. The van der Waals surface area contributed by atoms with Gasteiger partial charge in [0.2, 0.25) is 0 Å². The van der Waals surface area contributed by atoms with Crippen LogP contribution in [-0.2, 0) is 0 Å². The van der Waals surface area contributed by atoms with E-state index in [-0.39, 0.29) is 5.56 Å². The van der Waals surface area contributed by atoms with E-state index in [0.717, 1.165) is 11.3 Å². The molecule has 22 heavy (non-hydrogen) atoms. The minimum atomic E-state index is -0.0750. The number of fused-ring (bicyclic) bond motifs is 1. The van der Waals surface area contributed by atoms with Crippen molar-refractivity contribution < 1.29 is 0 Å². The van der Waals surface area contributed by atoms with Crippen molar-refractivity contribution in [1.82, 2.24) is 9.55 Å². The van der Waals surface area contributed by atoms with E-state index in [1.807, 2.05) is 49.4 Å². The Balaban J connectivity index is 2.30. The van der Waals surface area contributed by atoms with Crippen molar-refractivity contribution in [3.63, 3.8) is 0 Å². The van der Waals surface area contributed by atoms with Crippen molar-refractivity contribution >= 4 is 22.7 Å². The monoisotopic (exact) mass is 306 g/mol. The third-order valence-corrected chi connectivity index (χ3v) is 4.16. The molecule has 2 aromatic carbocycles. The van der Waals surface area contributed by atoms with E-state index in [9.17, 15) is 4.79 Å². The first-order valence-electron chi connectivity index (χ1n) is 6.86. The standard InChI is InChI=1S/C18H14N2OS/c1-3-12-22-18-19-16-7-5-4-6-15(16)17(21)20(18)14-10-8-13(2)9-11-14/h1,4-11H,12H2,2H3. The quantitative estimate of drug-likeness (QED) is 0.422. The summed E-state index contributed by atoms with van der Waals surface area (Å²) in [5.74, 6) is 3.05. The number of benzene rings is 2. The van der Waals surface area contributed by atoms with E-state index in [4.69, 9.17) is 6.42 Å². The minimum Gasteiger partial charge on any atom is -0.268 e. The number of aryl methyl sites for hydroxylation is 1. The lowest BCUT2D eigenvalue weighted by molar-refractivity contribution is 0.820. The van der Waals surface area contributed by atoms with Crippen molar-refractivity contribution in [1.29, 1.82) is 0 Å². The number of nitrogens with zero attached hydrogens (tertiary/aromatic N) is 2. The molecule has 0 saturated carbocycles. The average molecular weight is 306 g/mol. The molecular weight excluding hydrogens is 292 g/mol. The Morgan fingerprint density at radius 3 is 2.64 bits per heavy atom. The van der Waals surface area contributed by atoms with E-state index >= 15 is 0 Å². The summed E-state index contributed by atoms with van der Waals surface area (Å²) in [6.45, 7) is 2.01. The number of terminal acetylenes is 1. The Morgan fingerprint density at radius 1 is 1.18 bits per heavy atom. The summed E-state index contributed by atoms with van der Waals surface area (Å²) in [5, 5.41) is 1.22. The van der Waals surface area contributed by atoms with E-state index in [1.165, 1.54) is 11.8 Å². The molecule has 0 aliphatic carbocycles. The molecule has 0 fully saturated rings. The normalized spacial score (nSPS) is 10.5. The van der Waals surface area contributed by atoms with Gasteiger partial charge < -0.3 is 0 Å². The summed E-state index contributed by atoms with van der Waals surface area (Å²) in [5.41, 5.74) is 2.56. The molecule has 0 atom stereocenters. The van der Waals surface area contributed by atoms with Crippen LogP contribution in [0.1, 0.15) is 5.56 Å². The topological polar surface area (TPSA) is 34.9 Å². The number of rotatable bonds is 3. The van der Waals surface area contributed by atoms with Gasteiger partial charge in [-0.25, -0.2) is 4.98 Å². The van der Waals surface area contributed by atoms with Gasteiger partial charge in [0, 0.05) is 0 Å². The highest BCUT2D eigenvalue weighted by Crippen LogP contribution is 2.21. The molecule has 0 aliphatic rings. The van der Waals surface area contributed by atoms with Crippen molar-refractivity contribution in [2.24, 2.45) is 0 Å². The molecule has 0 unspecified atom stereocenters. The Kier molecular flexibility index (Phi) is 3.99. The number of hydrogen-bond donors (Lipinski definition) is 0. The van der Waals surface area contributed by atoms with Crippen molar-refractivity contribution in [3.8, 4) is 18.0 Å². The van der Waals surface area contributed by atoms with Crippen LogP contribution in [0.3, 0.4) is 0 Å². The molecule has 0 aliphatic heterocycles. The van der Waals surface area contributed by atoms with Gasteiger partial charge in [0.1, 0.15) is 0 Å². The summed E-state index contributed by atoms with van der Waals surface area (Å²) in [4.78, 5) is 17.5. The fourth-order valence-electron chi connectivity index (χ4n) is 2.24. The smallest absolute Gasteiger partial charge is 0.266 e. The first-order valence-corrected chi connectivity index (χ1v) is 7.84. The summed E-state index contributed by atoms with van der Waals surface area (Å²) in [7, 11) is 0. The first-order chi connectivity index (χ1) is 10.7. The van der Waals surface area contributed by atoms with Crippen LogP contribution in [0, 0.1) is 19.3 Å². The number of aromatic nitrogens is 2. The molecule has 0 bridgehead atoms. The van der Waals surface area contributed by atoms with Gasteiger partial charge in [-0.15, -0.1) is 6.42 Å². The lowest BCUT2D eigenvalue weighted by Crippen LogP contribution is -2.21. The molecule has 4 heteroatoms. The van der Waals surface area contributed by atoms with Gasteiger partial charge in [0.15, 0.2) is 5.16 Å². The van der Waals surface area contributed by atoms with Crippen molar-refractivity contribution in [2.75, 3.05) is 5.75 Å². The molecule has 3 rings (SSSR count). The van der Waals surface area contributed by atoms with E-state index in [2.05, 4.69) is 10.9 Å². The zero-order valence-electron chi connectivity index (χ0n) is 12.1. The Bertz CT molecular complexity index is 920. The second kappa shape index (κ2) is 6.08. The molecule has 1 heterocycles. The van der Waals surface area contributed by atoms with Gasteiger partial charge in [-0.05, 0) is 31.2 Å². The van der Waals surface area contributed by atoms with Crippen molar-refractivity contribution in [3.05, 3.63) is 64.4 Å². The third-order valence-electron chi connectivity index (χ3n) is 3.32. The van der Waals surface area contributed by atoms with Gasteiger partial charge >= 0.3 is 0 Å². The molecule has 3 nitrogen and oxygen atoms in total. The Morgan fingerprint density at radius 2 is 1.91 bits per heavy atom. The molecule has 1 aromatic heterocycles. The SMILES string of the molecule is C#CCSc1nc2ccccc2c(=O)n1-c1ccc(C)cc1. The van der Waals surface area contributed by atoms with Crippen LogP contribution in [0.4, 0.5) is 0 Å². The fraction of sp³-hybridized carbons (Fsp3) is 0.111. The second-order valence-electron chi connectivity index (χ2n) is 4.88. The fourth-order valence-corrected chi connectivity index (χ4v) is 2.93. The van der Waals surface area contributed by atoms with Crippen LogP contribution in [0.25, 0.3) is 16.6 Å². The van der Waals surface area contributed by atoms with E-state index < -0.39 is 0 Å². The second-order valence-corrected chi connectivity index (χ2v) is 5.82. The van der Waals surface area contributed by atoms with Crippen molar-refractivity contribution in [2.45, 2.75) is 12.1 Å². The zero-order valence-corrected chi connectivity index (χ0v) is 12.9. The van der Waals surface area contributed by atoms with Crippen LogP contribution in [0.5, 0.6) is 0 Å². The molecule has 0 spiro atoms. The van der Waals surface area contributed by atoms with Gasteiger partial charge in [-0.1, -0.05) is 47.5 Å². The van der Waals surface area contributed by atoms with Gasteiger partial charge in [0.25, 0.3) is 5.56 Å². The molecule has 0 N–H and O–H groups in total. The van der Waals surface area contributed by atoms with Crippen LogP contribution in [-0.4, -0.2) is 15.3 Å². The Labute approximate surface area is 133 Å². The predicted molar refractivity (Wildman–Crippen MR) is 91.6 cm³/mol. The van der Waals surface area contributed by atoms with Gasteiger partial charge in [-0.3, -0.25) is 9.36 Å². The molecule has 0 saturated heterocycles. The number of para-hydroxylation sites is 1. The van der Waals surface area contributed by atoms with E-state index in [1.54, 1.807) is 10.6 Å². The first kappa shape index (κ1) is 14.4. The lowest BCUT2D eigenvalue weighted by Gasteiger charge is -2.12. The van der Waals surface area contributed by atoms with Crippen LogP contribution < -0.4 is 5.56 Å². The van der Waals surface area contributed by atoms with Crippen LogP contribution in [0.15, 0.2) is 58.5 Å². The molecule has 0 radical (unpaired) electrons. The molecule has 108 valence electrons. The average Bonchev–Trinajstić information content (AvgIpc) is 2.54.